The molecule has 4 atom stereocenters. The lowest BCUT2D eigenvalue weighted by Crippen LogP contribution is -2.47. The second-order valence-electron chi connectivity index (χ2n) is 5.99. The summed E-state index contributed by atoms with van der Waals surface area (Å²) in [6.07, 6.45) is 2.63. The average molecular weight is 252 g/mol. The predicted molar refractivity (Wildman–Crippen MR) is 64.9 cm³/mol. The topological polar surface area (TPSA) is 58.6 Å². The van der Waals surface area contributed by atoms with Crippen molar-refractivity contribution < 1.29 is 14.3 Å². The molecule has 3 aliphatic rings. The van der Waals surface area contributed by atoms with Gasteiger partial charge in [-0.1, -0.05) is 13.8 Å². The number of nitrogens with one attached hydrogen (secondary N) is 1. The number of cyclic esters (lactones) is 1. The number of fused-ring (bicyclic) bond motifs is 2. The van der Waals surface area contributed by atoms with Crippen molar-refractivity contribution in [3.8, 4) is 0 Å². The van der Waals surface area contributed by atoms with Crippen LogP contribution >= 0.6 is 0 Å². The van der Waals surface area contributed by atoms with Gasteiger partial charge in [0.25, 0.3) is 0 Å². The first kappa shape index (κ1) is 12.0. The molecule has 0 aromatic rings. The van der Waals surface area contributed by atoms with Gasteiger partial charge in [-0.3, -0.25) is 4.79 Å². The fraction of sp³-hybridized carbons (Fsp3) is 0.846. The predicted octanol–water partition coefficient (Wildman–Crippen LogP) is 1.13. The Kier molecular flexibility index (Phi) is 2.81. The Bertz CT molecular complexity index is 382. The Balaban J connectivity index is 1.76. The van der Waals surface area contributed by atoms with E-state index in [0.29, 0.717) is 12.6 Å². The normalized spacial score (nSPS) is 38.6. The minimum atomic E-state index is -0.457. The summed E-state index contributed by atoms with van der Waals surface area (Å²) in [5.41, 5.74) is 0. The van der Waals surface area contributed by atoms with Gasteiger partial charge >= 0.3 is 6.09 Å². The maximum Gasteiger partial charge on any atom is 0.416 e. The van der Waals surface area contributed by atoms with E-state index in [1.165, 1.54) is 4.90 Å². The lowest BCUT2D eigenvalue weighted by atomic mass is 9.87. The molecule has 0 aromatic heterocycles. The number of rotatable bonds is 2. The fourth-order valence-corrected chi connectivity index (χ4v) is 3.46. The van der Waals surface area contributed by atoms with Crippen LogP contribution in [0.25, 0.3) is 0 Å². The van der Waals surface area contributed by atoms with Gasteiger partial charge in [0, 0.05) is 12.1 Å². The van der Waals surface area contributed by atoms with Crippen LogP contribution in [0.5, 0.6) is 0 Å². The highest BCUT2D eigenvalue weighted by molar-refractivity contribution is 5.95. The van der Waals surface area contributed by atoms with Gasteiger partial charge in [-0.2, -0.15) is 0 Å². The van der Waals surface area contributed by atoms with Gasteiger partial charge in [-0.25, -0.2) is 9.69 Å². The third-order valence-electron chi connectivity index (χ3n) is 4.53. The fourth-order valence-electron chi connectivity index (χ4n) is 3.46. The number of hydrogen-bond donors (Lipinski definition) is 1. The van der Waals surface area contributed by atoms with E-state index >= 15 is 0 Å². The zero-order valence-corrected chi connectivity index (χ0v) is 10.9. The van der Waals surface area contributed by atoms with Crippen molar-refractivity contribution in [1.29, 1.82) is 0 Å². The van der Waals surface area contributed by atoms with Crippen molar-refractivity contribution in [2.45, 2.75) is 51.2 Å². The number of amides is 2. The summed E-state index contributed by atoms with van der Waals surface area (Å²) in [6, 6.07) is 0.646. The molecular weight excluding hydrogens is 232 g/mol. The molecule has 3 rings (SSSR count). The van der Waals surface area contributed by atoms with Gasteiger partial charge in [0.15, 0.2) is 0 Å². The van der Waals surface area contributed by atoms with Crippen LogP contribution in [0.3, 0.4) is 0 Å². The Morgan fingerprint density at radius 1 is 1.44 bits per heavy atom. The molecule has 5 nitrogen and oxygen atoms in total. The lowest BCUT2D eigenvalue weighted by molar-refractivity contribution is -0.134. The Hall–Kier alpha value is -1.10. The van der Waals surface area contributed by atoms with Crippen LogP contribution in [0.2, 0.25) is 0 Å². The van der Waals surface area contributed by atoms with Gasteiger partial charge in [-0.15, -0.1) is 0 Å². The van der Waals surface area contributed by atoms with Crippen LogP contribution in [0.4, 0.5) is 4.79 Å². The van der Waals surface area contributed by atoms with Gasteiger partial charge in [0.05, 0.1) is 12.0 Å². The van der Waals surface area contributed by atoms with E-state index in [9.17, 15) is 9.59 Å². The van der Waals surface area contributed by atoms with Crippen molar-refractivity contribution in [3.05, 3.63) is 0 Å². The maximum absolute atomic E-state index is 12.5. The van der Waals surface area contributed by atoms with Gasteiger partial charge in [0.2, 0.25) is 5.91 Å². The van der Waals surface area contributed by atoms with Gasteiger partial charge in [-0.05, 0) is 25.2 Å². The van der Waals surface area contributed by atoms with Gasteiger partial charge < -0.3 is 10.1 Å². The highest BCUT2D eigenvalue weighted by Gasteiger charge is 2.49. The van der Waals surface area contributed by atoms with Crippen LogP contribution < -0.4 is 5.32 Å². The lowest BCUT2D eigenvalue weighted by Gasteiger charge is -2.28. The molecule has 1 N–H and O–H groups in total. The van der Waals surface area contributed by atoms with E-state index < -0.39 is 6.09 Å². The Morgan fingerprint density at radius 2 is 2.22 bits per heavy atom. The summed E-state index contributed by atoms with van der Waals surface area (Å²) >= 11 is 0. The zero-order valence-electron chi connectivity index (χ0n) is 10.9. The van der Waals surface area contributed by atoms with Gasteiger partial charge in [0.1, 0.15) is 6.61 Å². The SMILES string of the molecule is CC(C)[C@H]1COC(=O)N1C(=O)[C@@H]1C[C@H]2CC[C@@H]1N2. The van der Waals surface area contributed by atoms with Crippen LogP contribution in [-0.2, 0) is 9.53 Å². The minimum absolute atomic E-state index is 0.0316. The molecule has 100 valence electrons. The molecule has 3 saturated heterocycles. The summed E-state index contributed by atoms with van der Waals surface area (Å²) in [4.78, 5) is 25.7. The van der Waals surface area contributed by atoms with E-state index in [4.69, 9.17) is 4.74 Å². The zero-order chi connectivity index (χ0) is 12.9. The highest BCUT2D eigenvalue weighted by Crippen LogP contribution is 2.36. The number of imide groups is 1. The van der Waals surface area contributed by atoms with Crippen molar-refractivity contribution in [1.82, 2.24) is 10.2 Å². The third kappa shape index (κ3) is 1.72. The van der Waals surface area contributed by atoms with E-state index in [0.717, 1.165) is 19.3 Å². The first-order chi connectivity index (χ1) is 8.58. The molecule has 3 fully saturated rings. The molecule has 0 unspecified atom stereocenters. The molecule has 3 aliphatic heterocycles. The Morgan fingerprint density at radius 3 is 2.78 bits per heavy atom. The molecule has 2 bridgehead atoms. The van der Waals surface area contributed by atoms with Crippen LogP contribution in [-0.4, -0.2) is 41.6 Å². The molecule has 0 aliphatic carbocycles. The molecule has 0 radical (unpaired) electrons. The number of carbonyl (C=O) groups excluding carboxylic acids is 2. The summed E-state index contributed by atoms with van der Waals surface area (Å²) < 4.78 is 5.05. The smallest absolute Gasteiger partial charge is 0.416 e. The van der Waals surface area contributed by atoms with E-state index in [-0.39, 0.29) is 29.8 Å². The standard InChI is InChI=1S/C13H20N2O3/c1-7(2)11-6-18-13(17)15(11)12(16)9-5-8-3-4-10(9)14-8/h7-11,14H,3-6H2,1-2H3/t8-,9-,10+,11-/m1/s1. The summed E-state index contributed by atoms with van der Waals surface area (Å²) in [7, 11) is 0. The van der Waals surface area contributed by atoms with E-state index in [1.807, 2.05) is 13.8 Å². The van der Waals surface area contributed by atoms with Crippen molar-refractivity contribution in [2.75, 3.05) is 6.61 Å². The highest BCUT2D eigenvalue weighted by atomic mass is 16.6. The van der Waals surface area contributed by atoms with Crippen LogP contribution in [0.1, 0.15) is 33.1 Å². The molecule has 0 saturated carbocycles. The first-order valence-corrected chi connectivity index (χ1v) is 6.84. The largest absolute Gasteiger partial charge is 0.447 e. The van der Waals surface area contributed by atoms with Crippen LogP contribution in [0.15, 0.2) is 0 Å². The molecular formula is C13H20N2O3. The molecule has 0 spiro atoms. The van der Waals surface area contributed by atoms with Crippen molar-refractivity contribution in [2.24, 2.45) is 11.8 Å². The molecule has 18 heavy (non-hydrogen) atoms. The van der Waals surface area contributed by atoms with E-state index in [2.05, 4.69) is 5.32 Å². The van der Waals surface area contributed by atoms with Crippen molar-refractivity contribution in [3.63, 3.8) is 0 Å². The first-order valence-electron chi connectivity index (χ1n) is 6.84. The monoisotopic (exact) mass is 252 g/mol. The minimum Gasteiger partial charge on any atom is -0.447 e. The maximum atomic E-state index is 12.5. The second kappa shape index (κ2) is 4.23. The average Bonchev–Trinajstić information content (AvgIpc) is 3.01. The Labute approximate surface area is 107 Å². The molecule has 3 heterocycles. The molecule has 5 heteroatoms. The summed E-state index contributed by atoms with van der Waals surface area (Å²) in [6.45, 7) is 4.38. The van der Waals surface area contributed by atoms with E-state index in [1.54, 1.807) is 0 Å². The number of nitrogens with zero attached hydrogens (tertiary/aromatic N) is 1. The number of ether oxygens (including phenoxy) is 1. The van der Waals surface area contributed by atoms with Crippen LogP contribution in [0, 0.1) is 11.8 Å². The number of carbonyl (C=O) groups is 2. The van der Waals surface area contributed by atoms with Crippen molar-refractivity contribution >= 4 is 12.0 Å². The number of hydrogen-bond acceptors (Lipinski definition) is 4. The molecule has 2 amide bonds. The molecule has 0 aromatic carbocycles. The summed E-state index contributed by atoms with van der Waals surface area (Å²) in [5, 5.41) is 3.44. The quantitative estimate of drug-likeness (QED) is 0.800. The second-order valence-corrected chi connectivity index (χ2v) is 5.99. The summed E-state index contributed by atoms with van der Waals surface area (Å²) in [5.74, 6) is 0.179. The third-order valence-corrected chi connectivity index (χ3v) is 4.53.